The number of hydrogen-bond donors (Lipinski definition) is 1. The zero-order valence-corrected chi connectivity index (χ0v) is 10.3. The average Bonchev–Trinajstić information content (AvgIpc) is 2.58. The molecule has 6 heteroatoms. The first kappa shape index (κ1) is 13.3. The average molecular weight is 239 g/mol. The van der Waals surface area contributed by atoms with Gasteiger partial charge in [-0.05, 0) is 27.2 Å². The third kappa shape index (κ3) is 3.34. The molecule has 94 valence electrons. The molecule has 1 aliphatic heterocycles. The summed E-state index contributed by atoms with van der Waals surface area (Å²) in [5.41, 5.74) is 4.57. The Morgan fingerprint density at radius 1 is 1.47 bits per heavy atom. The van der Waals surface area contributed by atoms with Crippen LogP contribution in [0.15, 0.2) is 0 Å². The fourth-order valence-corrected chi connectivity index (χ4v) is 1.72. The van der Waals surface area contributed by atoms with Gasteiger partial charge in [0.2, 0.25) is 5.91 Å². The molecule has 2 atom stereocenters. The zero-order chi connectivity index (χ0) is 13.2. The second-order valence-electron chi connectivity index (χ2n) is 5.11. The van der Waals surface area contributed by atoms with E-state index in [-0.39, 0.29) is 18.9 Å². The fourth-order valence-electron chi connectivity index (χ4n) is 1.72. The maximum absolute atomic E-state index is 11.8. The van der Waals surface area contributed by atoms with Gasteiger partial charge < -0.3 is 10.5 Å². The van der Waals surface area contributed by atoms with E-state index in [0.29, 0.717) is 0 Å². The number of nitriles is 1. The topological polar surface area (TPSA) is 96.4 Å². The lowest BCUT2D eigenvalue weighted by Gasteiger charge is -2.27. The van der Waals surface area contributed by atoms with Crippen molar-refractivity contribution in [3.63, 3.8) is 0 Å². The van der Waals surface area contributed by atoms with Crippen LogP contribution in [0.5, 0.6) is 0 Å². The predicted octanol–water partition coefficient (Wildman–Crippen LogP) is 0.621. The third-order valence-electron chi connectivity index (χ3n) is 2.44. The number of carbonyl (C=O) groups excluding carboxylic acids is 2. The number of rotatable bonds is 1. The van der Waals surface area contributed by atoms with Gasteiger partial charge >= 0.3 is 6.09 Å². The molecule has 0 aromatic rings. The van der Waals surface area contributed by atoms with Crippen molar-refractivity contribution in [2.75, 3.05) is 6.54 Å². The molecular formula is C11H17N3O3. The van der Waals surface area contributed by atoms with Gasteiger partial charge in [0.05, 0.1) is 12.0 Å². The van der Waals surface area contributed by atoms with Crippen LogP contribution in [0, 0.1) is 17.2 Å². The first-order chi connectivity index (χ1) is 7.74. The van der Waals surface area contributed by atoms with E-state index in [1.807, 2.05) is 6.07 Å². The molecular weight excluding hydrogens is 222 g/mol. The summed E-state index contributed by atoms with van der Waals surface area (Å²) in [7, 11) is 0. The Bertz CT molecular complexity index is 367. The number of nitrogens with zero attached hydrogens (tertiary/aromatic N) is 2. The van der Waals surface area contributed by atoms with Gasteiger partial charge in [-0.25, -0.2) is 4.79 Å². The molecule has 2 amide bonds. The van der Waals surface area contributed by atoms with Crippen molar-refractivity contribution in [2.24, 2.45) is 11.7 Å². The lowest BCUT2D eigenvalue weighted by molar-refractivity contribution is -0.122. The molecule has 0 aromatic carbocycles. The lowest BCUT2D eigenvalue weighted by atomic mass is 10.1. The second kappa shape index (κ2) is 4.62. The smallest absolute Gasteiger partial charge is 0.411 e. The second-order valence-corrected chi connectivity index (χ2v) is 5.11. The van der Waals surface area contributed by atoms with Crippen LogP contribution in [0.3, 0.4) is 0 Å². The van der Waals surface area contributed by atoms with E-state index in [1.165, 1.54) is 4.90 Å². The summed E-state index contributed by atoms with van der Waals surface area (Å²) in [6, 6.07) is 1.30. The van der Waals surface area contributed by atoms with Crippen molar-refractivity contribution in [1.82, 2.24) is 4.90 Å². The Morgan fingerprint density at radius 3 is 2.47 bits per heavy atom. The minimum absolute atomic E-state index is 0.193. The molecule has 0 unspecified atom stereocenters. The Kier molecular flexibility index (Phi) is 3.61. The molecule has 0 spiro atoms. The number of nitrogens with two attached hydrogens (primary N) is 1. The van der Waals surface area contributed by atoms with Crippen molar-refractivity contribution in [1.29, 1.82) is 5.26 Å². The minimum atomic E-state index is -0.741. The van der Waals surface area contributed by atoms with Crippen molar-refractivity contribution >= 4 is 12.0 Å². The van der Waals surface area contributed by atoms with Crippen LogP contribution in [0.2, 0.25) is 0 Å². The number of ether oxygens (including phenoxy) is 1. The van der Waals surface area contributed by atoms with Crippen LogP contribution in [0.25, 0.3) is 0 Å². The van der Waals surface area contributed by atoms with Crippen molar-refractivity contribution in [3.8, 4) is 6.07 Å². The van der Waals surface area contributed by atoms with Gasteiger partial charge in [-0.1, -0.05) is 0 Å². The number of amides is 2. The standard InChI is InChI=1S/C11H17N3O3/c1-11(2,3)17-10(16)14-6-7(5-12)4-8(14)9(13)15/h7-8H,4,6H2,1-3H3,(H2,13,15)/t7-,8-/m0/s1. The van der Waals surface area contributed by atoms with Gasteiger partial charge in [-0.15, -0.1) is 0 Å². The van der Waals surface area contributed by atoms with Gasteiger partial charge in [-0.3, -0.25) is 9.69 Å². The SMILES string of the molecule is CC(C)(C)OC(=O)N1C[C@H](C#N)C[C@H]1C(N)=O. The van der Waals surface area contributed by atoms with E-state index in [9.17, 15) is 9.59 Å². The fraction of sp³-hybridized carbons (Fsp3) is 0.727. The van der Waals surface area contributed by atoms with Gasteiger partial charge in [0.1, 0.15) is 11.6 Å². The molecule has 1 fully saturated rings. The molecule has 0 aliphatic carbocycles. The first-order valence-corrected chi connectivity index (χ1v) is 5.43. The monoisotopic (exact) mass is 239 g/mol. The molecule has 1 rings (SSSR count). The highest BCUT2D eigenvalue weighted by molar-refractivity contribution is 5.85. The van der Waals surface area contributed by atoms with Crippen LogP contribution in [0.4, 0.5) is 4.79 Å². The van der Waals surface area contributed by atoms with Crippen molar-refractivity contribution in [2.45, 2.75) is 38.8 Å². The molecule has 6 nitrogen and oxygen atoms in total. The number of likely N-dealkylation sites (tertiary alicyclic amines) is 1. The van der Waals surface area contributed by atoms with Crippen molar-refractivity contribution in [3.05, 3.63) is 0 Å². The maximum Gasteiger partial charge on any atom is 0.411 e. The summed E-state index contributed by atoms with van der Waals surface area (Å²) in [6.07, 6.45) is -0.315. The van der Waals surface area contributed by atoms with Crippen LogP contribution in [-0.2, 0) is 9.53 Å². The summed E-state index contributed by atoms with van der Waals surface area (Å²) in [5.74, 6) is -0.964. The maximum atomic E-state index is 11.8. The van der Waals surface area contributed by atoms with Crippen LogP contribution >= 0.6 is 0 Å². The van der Waals surface area contributed by atoms with Gasteiger partial charge in [0.15, 0.2) is 0 Å². The highest BCUT2D eigenvalue weighted by Crippen LogP contribution is 2.24. The van der Waals surface area contributed by atoms with Gasteiger partial charge in [-0.2, -0.15) is 5.26 Å². The quantitative estimate of drug-likeness (QED) is 0.725. The lowest BCUT2D eigenvalue weighted by Crippen LogP contribution is -2.45. The summed E-state index contributed by atoms with van der Waals surface area (Å²) in [5, 5.41) is 8.82. The summed E-state index contributed by atoms with van der Waals surface area (Å²) in [6.45, 7) is 5.41. The third-order valence-corrected chi connectivity index (χ3v) is 2.44. The van der Waals surface area contributed by atoms with E-state index in [4.69, 9.17) is 15.7 Å². The van der Waals surface area contributed by atoms with E-state index >= 15 is 0 Å². The summed E-state index contributed by atoms with van der Waals surface area (Å²) < 4.78 is 5.16. The molecule has 0 saturated carbocycles. The zero-order valence-electron chi connectivity index (χ0n) is 10.3. The van der Waals surface area contributed by atoms with Crippen LogP contribution < -0.4 is 5.73 Å². The molecule has 1 heterocycles. The molecule has 17 heavy (non-hydrogen) atoms. The normalized spacial score (nSPS) is 24.2. The number of primary amides is 1. The first-order valence-electron chi connectivity index (χ1n) is 5.43. The molecule has 1 saturated heterocycles. The van der Waals surface area contributed by atoms with Gasteiger partial charge in [0, 0.05) is 6.54 Å². The Hall–Kier alpha value is -1.77. The van der Waals surface area contributed by atoms with Crippen molar-refractivity contribution < 1.29 is 14.3 Å². The summed E-state index contributed by atoms with van der Waals surface area (Å²) >= 11 is 0. The van der Waals surface area contributed by atoms with E-state index in [1.54, 1.807) is 20.8 Å². The Labute approximate surface area is 100 Å². The minimum Gasteiger partial charge on any atom is -0.444 e. The van der Waals surface area contributed by atoms with Gasteiger partial charge in [0.25, 0.3) is 0 Å². The van der Waals surface area contributed by atoms with Crippen LogP contribution in [-0.4, -0.2) is 35.1 Å². The molecule has 2 N–H and O–H groups in total. The predicted molar refractivity (Wildman–Crippen MR) is 59.6 cm³/mol. The molecule has 1 aliphatic rings. The van der Waals surface area contributed by atoms with E-state index in [0.717, 1.165) is 0 Å². The largest absolute Gasteiger partial charge is 0.444 e. The highest BCUT2D eigenvalue weighted by Gasteiger charge is 2.40. The molecule has 0 aromatic heterocycles. The number of hydrogen-bond acceptors (Lipinski definition) is 4. The molecule has 0 radical (unpaired) electrons. The van der Waals surface area contributed by atoms with E-state index in [2.05, 4.69) is 0 Å². The number of carbonyl (C=O) groups is 2. The Morgan fingerprint density at radius 2 is 2.06 bits per heavy atom. The van der Waals surface area contributed by atoms with E-state index < -0.39 is 23.6 Å². The summed E-state index contributed by atoms with van der Waals surface area (Å²) in [4.78, 5) is 24.3. The van der Waals surface area contributed by atoms with Crippen LogP contribution in [0.1, 0.15) is 27.2 Å². The highest BCUT2D eigenvalue weighted by atomic mass is 16.6. The molecule has 0 bridgehead atoms. The Balaban J connectivity index is 2.78.